The zero-order chi connectivity index (χ0) is 14.3. The van der Waals surface area contributed by atoms with Gasteiger partial charge in [0.2, 0.25) is 5.88 Å². The van der Waals surface area contributed by atoms with Crippen LogP contribution in [-0.4, -0.2) is 12.3 Å². The zero-order valence-corrected chi connectivity index (χ0v) is 12.3. The highest BCUT2D eigenvalue weighted by atomic mass is 35.5. The van der Waals surface area contributed by atoms with Crippen molar-refractivity contribution in [2.75, 3.05) is 12.8 Å². The van der Waals surface area contributed by atoms with Crippen molar-refractivity contribution in [2.45, 2.75) is 25.7 Å². The number of aromatic nitrogens is 1. The maximum Gasteiger partial charge on any atom is 0.230 e. The van der Waals surface area contributed by atoms with Crippen molar-refractivity contribution in [1.29, 1.82) is 0 Å². The lowest BCUT2D eigenvalue weighted by molar-refractivity contribution is 0.416. The van der Waals surface area contributed by atoms with Crippen LogP contribution in [0.15, 0.2) is 22.7 Å². The summed E-state index contributed by atoms with van der Waals surface area (Å²) in [6.07, 6.45) is 2.47. The standard InChI is InChI=1S/C15H17ClN2O2/c1-8(9-3-4-9)14-13(15(17)20-18-14)11-7-10(16)5-6-12(11)19-2/h5-9H,3-4,17H2,1-2H3. The van der Waals surface area contributed by atoms with E-state index in [1.54, 1.807) is 13.2 Å². The van der Waals surface area contributed by atoms with Gasteiger partial charge in [0.1, 0.15) is 5.75 Å². The van der Waals surface area contributed by atoms with Gasteiger partial charge < -0.3 is 15.0 Å². The molecular weight excluding hydrogens is 276 g/mol. The number of halogens is 1. The molecule has 1 atom stereocenters. The van der Waals surface area contributed by atoms with Gasteiger partial charge in [0, 0.05) is 16.5 Å². The van der Waals surface area contributed by atoms with E-state index in [-0.39, 0.29) is 0 Å². The number of nitrogens with zero attached hydrogens (tertiary/aromatic N) is 1. The molecule has 20 heavy (non-hydrogen) atoms. The van der Waals surface area contributed by atoms with Gasteiger partial charge in [-0.3, -0.25) is 0 Å². The maximum absolute atomic E-state index is 6.10. The van der Waals surface area contributed by atoms with Crippen molar-refractivity contribution in [2.24, 2.45) is 5.92 Å². The second-order valence-electron chi connectivity index (χ2n) is 5.28. The third-order valence-electron chi connectivity index (χ3n) is 3.94. The summed E-state index contributed by atoms with van der Waals surface area (Å²) < 4.78 is 10.6. The van der Waals surface area contributed by atoms with Crippen LogP contribution in [0.1, 0.15) is 31.4 Å². The van der Waals surface area contributed by atoms with E-state index in [0.717, 1.165) is 16.8 Å². The Labute approximate surface area is 122 Å². The van der Waals surface area contributed by atoms with E-state index in [1.807, 2.05) is 12.1 Å². The monoisotopic (exact) mass is 292 g/mol. The molecule has 0 radical (unpaired) electrons. The molecule has 1 aromatic carbocycles. The third kappa shape index (κ3) is 2.24. The van der Waals surface area contributed by atoms with Crippen LogP contribution in [0.25, 0.3) is 11.1 Å². The van der Waals surface area contributed by atoms with E-state index in [2.05, 4.69) is 12.1 Å². The first-order chi connectivity index (χ1) is 9.61. The molecule has 1 aliphatic carbocycles. The Morgan fingerprint density at radius 2 is 2.20 bits per heavy atom. The second kappa shape index (κ2) is 5.02. The highest BCUT2D eigenvalue weighted by Crippen LogP contribution is 2.47. The second-order valence-corrected chi connectivity index (χ2v) is 5.71. The van der Waals surface area contributed by atoms with Gasteiger partial charge in [-0.15, -0.1) is 0 Å². The minimum absolute atomic E-state index is 0.313. The molecule has 1 aliphatic rings. The van der Waals surface area contributed by atoms with Crippen molar-refractivity contribution < 1.29 is 9.26 Å². The zero-order valence-electron chi connectivity index (χ0n) is 11.5. The molecule has 0 amide bonds. The Morgan fingerprint density at radius 1 is 1.45 bits per heavy atom. The van der Waals surface area contributed by atoms with Gasteiger partial charge in [0.05, 0.1) is 18.4 Å². The van der Waals surface area contributed by atoms with E-state index in [0.29, 0.717) is 28.5 Å². The number of hydrogen-bond donors (Lipinski definition) is 1. The minimum atomic E-state index is 0.313. The van der Waals surface area contributed by atoms with Crippen LogP contribution >= 0.6 is 11.6 Å². The van der Waals surface area contributed by atoms with E-state index in [1.165, 1.54) is 12.8 Å². The lowest BCUT2D eigenvalue weighted by Gasteiger charge is -2.12. The van der Waals surface area contributed by atoms with Gasteiger partial charge in [-0.2, -0.15) is 0 Å². The normalized spacial score (nSPS) is 16.1. The maximum atomic E-state index is 6.10. The highest BCUT2D eigenvalue weighted by Gasteiger charge is 2.34. The average molecular weight is 293 g/mol. The number of rotatable bonds is 4. The molecule has 1 aromatic heterocycles. The number of anilines is 1. The Kier molecular flexibility index (Phi) is 3.34. The van der Waals surface area contributed by atoms with E-state index < -0.39 is 0 Å². The molecule has 0 spiro atoms. The molecule has 3 rings (SSSR count). The molecule has 0 bridgehead atoms. The van der Waals surface area contributed by atoms with Crippen molar-refractivity contribution in [3.63, 3.8) is 0 Å². The predicted octanol–water partition coefficient (Wildman–Crippen LogP) is 4.10. The van der Waals surface area contributed by atoms with Gasteiger partial charge in [-0.1, -0.05) is 23.7 Å². The number of nitrogens with two attached hydrogens (primary N) is 1. The summed E-state index contributed by atoms with van der Waals surface area (Å²) >= 11 is 6.10. The lowest BCUT2D eigenvalue weighted by atomic mass is 9.94. The number of methoxy groups -OCH3 is 1. The molecule has 5 heteroatoms. The fourth-order valence-electron chi connectivity index (χ4n) is 2.59. The summed E-state index contributed by atoms with van der Waals surface area (Å²) in [6.45, 7) is 2.16. The number of nitrogen functional groups attached to an aromatic ring is 1. The summed E-state index contributed by atoms with van der Waals surface area (Å²) in [5.74, 6) is 2.03. The molecule has 2 N–H and O–H groups in total. The summed E-state index contributed by atoms with van der Waals surface area (Å²) in [4.78, 5) is 0. The fraction of sp³-hybridized carbons (Fsp3) is 0.400. The molecule has 1 fully saturated rings. The van der Waals surface area contributed by atoms with Crippen LogP contribution < -0.4 is 10.5 Å². The summed E-state index contributed by atoms with van der Waals surface area (Å²) in [7, 11) is 1.63. The van der Waals surface area contributed by atoms with Crippen LogP contribution in [0.5, 0.6) is 5.75 Å². The topological polar surface area (TPSA) is 61.3 Å². The molecule has 1 heterocycles. The average Bonchev–Trinajstić information content (AvgIpc) is 3.21. The van der Waals surface area contributed by atoms with Gasteiger partial charge in [0.25, 0.3) is 0 Å². The number of hydrogen-bond acceptors (Lipinski definition) is 4. The van der Waals surface area contributed by atoms with Crippen LogP contribution in [-0.2, 0) is 0 Å². The number of ether oxygens (including phenoxy) is 1. The summed E-state index contributed by atoms with van der Waals surface area (Å²) in [6, 6.07) is 5.46. The lowest BCUT2D eigenvalue weighted by Crippen LogP contribution is -2.00. The Hall–Kier alpha value is -1.68. The van der Waals surface area contributed by atoms with Crippen LogP contribution in [0, 0.1) is 5.92 Å². The van der Waals surface area contributed by atoms with Gasteiger partial charge in [-0.05, 0) is 37.0 Å². The van der Waals surface area contributed by atoms with Crippen LogP contribution in [0.3, 0.4) is 0 Å². The van der Waals surface area contributed by atoms with Crippen molar-refractivity contribution >= 4 is 17.5 Å². The predicted molar refractivity (Wildman–Crippen MR) is 79.1 cm³/mol. The van der Waals surface area contributed by atoms with Gasteiger partial charge in [0.15, 0.2) is 0 Å². The van der Waals surface area contributed by atoms with Crippen LogP contribution in [0.2, 0.25) is 5.02 Å². The quantitative estimate of drug-likeness (QED) is 0.921. The first-order valence-corrected chi connectivity index (χ1v) is 7.08. The summed E-state index contributed by atoms with van der Waals surface area (Å²) in [5.41, 5.74) is 8.52. The SMILES string of the molecule is COc1ccc(Cl)cc1-c1c(C(C)C2CC2)noc1N. The van der Waals surface area contributed by atoms with Crippen molar-refractivity contribution in [3.05, 3.63) is 28.9 Å². The van der Waals surface area contributed by atoms with E-state index in [9.17, 15) is 0 Å². The minimum Gasteiger partial charge on any atom is -0.496 e. The molecule has 1 saturated carbocycles. The molecule has 4 nitrogen and oxygen atoms in total. The van der Waals surface area contributed by atoms with E-state index >= 15 is 0 Å². The molecule has 2 aromatic rings. The Morgan fingerprint density at radius 3 is 2.85 bits per heavy atom. The van der Waals surface area contributed by atoms with Crippen molar-refractivity contribution in [3.8, 4) is 16.9 Å². The highest BCUT2D eigenvalue weighted by molar-refractivity contribution is 6.31. The Bertz CT molecular complexity index is 635. The largest absolute Gasteiger partial charge is 0.496 e. The smallest absolute Gasteiger partial charge is 0.230 e. The van der Waals surface area contributed by atoms with Crippen LogP contribution in [0.4, 0.5) is 5.88 Å². The Balaban J connectivity index is 2.13. The molecule has 1 unspecified atom stereocenters. The molecule has 0 saturated heterocycles. The first-order valence-electron chi connectivity index (χ1n) is 6.70. The summed E-state index contributed by atoms with van der Waals surface area (Å²) in [5, 5.41) is 4.79. The van der Waals surface area contributed by atoms with Gasteiger partial charge >= 0.3 is 0 Å². The number of benzene rings is 1. The first kappa shape index (κ1) is 13.3. The molecule has 106 valence electrons. The fourth-order valence-corrected chi connectivity index (χ4v) is 2.76. The van der Waals surface area contributed by atoms with Crippen molar-refractivity contribution in [1.82, 2.24) is 5.16 Å². The molecular formula is C15H17ClN2O2. The molecule has 0 aliphatic heterocycles. The van der Waals surface area contributed by atoms with E-state index in [4.69, 9.17) is 26.6 Å². The third-order valence-corrected chi connectivity index (χ3v) is 4.17. The van der Waals surface area contributed by atoms with Gasteiger partial charge in [-0.25, -0.2) is 0 Å².